The van der Waals surface area contributed by atoms with Crippen molar-refractivity contribution in [3.05, 3.63) is 59.9 Å². The number of benzene rings is 1. The van der Waals surface area contributed by atoms with Crippen molar-refractivity contribution in [2.75, 3.05) is 18.4 Å². The SMILES string of the molecule is CC(NC(=O)CN1CCC2(CCC1=O)NC(=O)c1ccccc1N2)c1ccccn1. The van der Waals surface area contributed by atoms with E-state index >= 15 is 0 Å². The number of aromatic nitrogens is 1. The summed E-state index contributed by atoms with van der Waals surface area (Å²) in [5, 5.41) is 9.34. The van der Waals surface area contributed by atoms with Gasteiger partial charge in [0, 0.05) is 31.3 Å². The number of hydrogen-bond acceptors (Lipinski definition) is 5. The Morgan fingerprint density at radius 1 is 1.17 bits per heavy atom. The Balaban J connectivity index is 1.40. The van der Waals surface area contributed by atoms with Gasteiger partial charge in [-0.25, -0.2) is 0 Å². The Hall–Kier alpha value is -3.42. The van der Waals surface area contributed by atoms with Crippen LogP contribution in [0.4, 0.5) is 5.69 Å². The summed E-state index contributed by atoms with van der Waals surface area (Å²) in [7, 11) is 0. The van der Waals surface area contributed by atoms with Gasteiger partial charge in [-0.05, 0) is 37.6 Å². The molecule has 2 unspecified atom stereocenters. The lowest BCUT2D eigenvalue weighted by atomic mass is 9.95. The van der Waals surface area contributed by atoms with Crippen molar-refractivity contribution in [3.8, 4) is 0 Å². The molecule has 1 spiro atoms. The lowest BCUT2D eigenvalue weighted by Gasteiger charge is -2.39. The molecule has 2 aromatic rings. The molecule has 0 bridgehead atoms. The third-order valence-electron chi connectivity index (χ3n) is 5.67. The third-order valence-corrected chi connectivity index (χ3v) is 5.67. The van der Waals surface area contributed by atoms with Gasteiger partial charge in [0.1, 0.15) is 5.66 Å². The number of nitrogens with zero attached hydrogens (tertiary/aromatic N) is 2. The normalized spacial score (nSPS) is 21.8. The van der Waals surface area contributed by atoms with Gasteiger partial charge in [0.15, 0.2) is 0 Å². The number of para-hydroxylation sites is 1. The van der Waals surface area contributed by atoms with E-state index in [1.54, 1.807) is 17.2 Å². The van der Waals surface area contributed by atoms with Gasteiger partial charge < -0.3 is 20.9 Å². The molecule has 3 heterocycles. The zero-order valence-electron chi connectivity index (χ0n) is 16.9. The van der Waals surface area contributed by atoms with Crippen LogP contribution in [0.5, 0.6) is 0 Å². The Bertz CT molecular complexity index is 964. The van der Waals surface area contributed by atoms with E-state index in [1.807, 2.05) is 43.3 Å². The molecule has 2 aliphatic rings. The molecule has 8 nitrogen and oxygen atoms in total. The minimum absolute atomic E-state index is 0.0172. The minimum atomic E-state index is -0.687. The number of carbonyl (C=O) groups is 3. The maximum Gasteiger partial charge on any atom is 0.255 e. The Labute approximate surface area is 175 Å². The highest BCUT2D eigenvalue weighted by Crippen LogP contribution is 2.31. The number of likely N-dealkylation sites (tertiary alicyclic amines) is 1. The molecule has 2 atom stereocenters. The average molecular weight is 407 g/mol. The van der Waals surface area contributed by atoms with Crippen LogP contribution in [0.25, 0.3) is 0 Å². The van der Waals surface area contributed by atoms with E-state index in [-0.39, 0.29) is 36.7 Å². The summed E-state index contributed by atoms with van der Waals surface area (Å²) >= 11 is 0. The zero-order chi connectivity index (χ0) is 21.1. The van der Waals surface area contributed by atoms with Gasteiger partial charge in [0.2, 0.25) is 11.8 Å². The molecule has 1 saturated heterocycles. The van der Waals surface area contributed by atoms with Crippen LogP contribution < -0.4 is 16.0 Å². The van der Waals surface area contributed by atoms with E-state index < -0.39 is 5.66 Å². The highest BCUT2D eigenvalue weighted by Gasteiger charge is 2.40. The smallest absolute Gasteiger partial charge is 0.255 e. The fourth-order valence-electron chi connectivity index (χ4n) is 4.00. The molecule has 0 saturated carbocycles. The molecule has 3 amide bonds. The van der Waals surface area contributed by atoms with Crippen molar-refractivity contribution in [1.82, 2.24) is 20.5 Å². The van der Waals surface area contributed by atoms with Crippen LogP contribution in [0, 0.1) is 0 Å². The summed E-state index contributed by atoms with van der Waals surface area (Å²) in [5.41, 5.74) is 1.44. The molecule has 1 aromatic heterocycles. The molecular formula is C22H25N5O3. The van der Waals surface area contributed by atoms with Crippen molar-refractivity contribution >= 4 is 23.4 Å². The van der Waals surface area contributed by atoms with E-state index in [0.29, 0.717) is 24.9 Å². The number of pyridine rings is 1. The topological polar surface area (TPSA) is 103 Å². The van der Waals surface area contributed by atoms with Gasteiger partial charge in [-0.15, -0.1) is 0 Å². The number of rotatable bonds is 4. The third kappa shape index (κ3) is 4.12. The number of anilines is 1. The fraction of sp³-hybridized carbons (Fsp3) is 0.364. The number of hydrogen-bond donors (Lipinski definition) is 3. The second-order valence-electron chi connectivity index (χ2n) is 7.82. The second-order valence-corrected chi connectivity index (χ2v) is 7.82. The Kier molecular flexibility index (Phi) is 5.39. The number of nitrogens with one attached hydrogen (secondary N) is 3. The summed E-state index contributed by atoms with van der Waals surface area (Å²) in [6, 6.07) is 12.6. The molecule has 1 aromatic carbocycles. The van der Waals surface area contributed by atoms with Crippen LogP contribution in [0.2, 0.25) is 0 Å². The van der Waals surface area contributed by atoms with Gasteiger partial charge in [-0.2, -0.15) is 0 Å². The van der Waals surface area contributed by atoms with Crippen molar-refractivity contribution < 1.29 is 14.4 Å². The van der Waals surface area contributed by atoms with Crippen molar-refractivity contribution in [2.24, 2.45) is 0 Å². The van der Waals surface area contributed by atoms with Crippen molar-refractivity contribution in [1.29, 1.82) is 0 Å². The van der Waals surface area contributed by atoms with E-state index in [0.717, 1.165) is 11.4 Å². The molecular weight excluding hydrogens is 382 g/mol. The van der Waals surface area contributed by atoms with Crippen LogP contribution in [-0.2, 0) is 9.59 Å². The van der Waals surface area contributed by atoms with E-state index in [9.17, 15) is 14.4 Å². The first kappa shape index (κ1) is 19.9. The monoisotopic (exact) mass is 407 g/mol. The fourth-order valence-corrected chi connectivity index (χ4v) is 4.00. The van der Waals surface area contributed by atoms with Crippen LogP contribution in [0.1, 0.15) is 48.3 Å². The van der Waals surface area contributed by atoms with Crippen LogP contribution in [0.3, 0.4) is 0 Å². The summed E-state index contributed by atoms with van der Waals surface area (Å²) < 4.78 is 0. The first-order valence-corrected chi connectivity index (χ1v) is 10.1. The summed E-state index contributed by atoms with van der Waals surface area (Å²) in [4.78, 5) is 43.5. The number of carbonyl (C=O) groups excluding carboxylic acids is 3. The lowest BCUT2D eigenvalue weighted by Crippen LogP contribution is -2.58. The molecule has 4 rings (SSSR count). The molecule has 3 N–H and O–H groups in total. The highest BCUT2D eigenvalue weighted by atomic mass is 16.2. The lowest BCUT2D eigenvalue weighted by molar-refractivity contribution is -0.135. The minimum Gasteiger partial charge on any atom is -0.362 e. The number of fused-ring (bicyclic) bond motifs is 1. The Morgan fingerprint density at radius 3 is 2.77 bits per heavy atom. The predicted octanol–water partition coefficient (Wildman–Crippen LogP) is 1.82. The van der Waals surface area contributed by atoms with E-state index in [2.05, 4.69) is 20.9 Å². The zero-order valence-corrected chi connectivity index (χ0v) is 16.9. The maximum absolute atomic E-state index is 12.7. The first-order valence-electron chi connectivity index (χ1n) is 10.1. The van der Waals surface area contributed by atoms with Gasteiger partial charge in [-0.1, -0.05) is 18.2 Å². The molecule has 0 aliphatic carbocycles. The molecule has 0 radical (unpaired) electrons. The maximum atomic E-state index is 12.7. The van der Waals surface area contributed by atoms with Crippen LogP contribution in [0.15, 0.2) is 48.7 Å². The highest BCUT2D eigenvalue weighted by molar-refractivity contribution is 6.02. The standard InChI is InChI=1S/C22H25N5O3/c1-15(17-7-4-5-12-23-17)24-19(28)14-27-13-11-22(10-9-20(27)29)25-18-8-3-2-6-16(18)21(30)26-22/h2-8,12,15,25H,9-11,13-14H2,1H3,(H,24,28)(H,26,30). The van der Waals surface area contributed by atoms with Crippen LogP contribution >= 0.6 is 0 Å². The van der Waals surface area contributed by atoms with Gasteiger partial charge in [0.05, 0.1) is 23.8 Å². The molecule has 1 fully saturated rings. The predicted molar refractivity (Wildman–Crippen MR) is 111 cm³/mol. The molecule has 30 heavy (non-hydrogen) atoms. The number of amides is 3. The average Bonchev–Trinajstić information content (AvgIpc) is 2.89. The van der Waals surface area contributed by atoms with Crippen molar-refractivity contribution in [3.63, 3.8) is 0 Å². The molecule has 2 aliphatic heterocycles. The summed E-state index contributed by atoms with van der Waals surface area (Å²) in [5.74, 6) is -0.474. The first-order chi connectivity index (χ1) is 14.5. The summed E-state index contributed by atoms with van der Waals surface area (Å²) in [6.07, 6.45) is 2.91. The van der Waals surface area contributed by atoms with E-state index in [1.165, 1.54) is 0 Å². The largest absolute Gasteiger partial charge is 0.362 e. The summed E-state index contributed by atoms with van der Waals surface area (Å²) in [6.45, 7) is 2.22. The van der Waals surface area contributed by atoms with Gasteiger partial charge >= 0.3 is 0 Å². The second kappa shape index (κ2) is 8.14. The van der Waals surface area contributed by atoms with Gasteiger partial charge in [-0.3, -0.25) is 19.4 Å². The van der Waals surface area contributed by atoms with Crippen molar-refractivity contribution in [2.45, 2.75) is 37.9 Å². The van der Waals surface area contributed by atoms with Gasteiger partial charge in [0.25, 0.3) is 5.91 Å². The quantitative estimate of drug-likeness (QED) is 0.717. The molecule has 8 heteroatoms. The Morgan fingerprint density at radius 2 is 1.97 bits per heavy atom. The molecule has 156 valence electrons. The van der Waals surface area contributed by atoms with E-state index in [4.69, 9.17) is 0 Å². The van der Waals surface area contributed by atoms with Crippen LogP contribution in [-0.4, -0.2) is 46.4 Å².